The Morgan fingerprint density at radius 2 is 1.63 bits per heavy atom. The number of thioether (sulfide) groups is 1. The molecule has 0 aliphatic heterocycles. The van der Waals surface area contributed by atoms with Crippen LogP contribution >= 0.6 is 11.8 Å². The molecule has 7 heteroatoms. The maximum Gasteiger partial charge on any atom is 0.234 e. The van der Waals surface area contributed by atoms with Crippen LogP contribution in [0.1, 0.15) is 5.56 Å². The Kier molecular flexibility index (Phi) is 6.41. The van der Waals surface area contributed by atoms with Gasteiger partial charge in [-0.05, 0) is 42.0 Å². The molecule has 1 amide bonds. The van der Waals surface area contributed by atoms with E-state index in [2.05, 4.69) is 15.5 Å². The quantitative estimate of drug-likeness (QED) is 0.426. The second-order valence-electron chi connectivity index (χ2n) is 6.45. The lowest BCUT2D eigenvalue weighted by molar-refractivity contribution is -0.113. The molecule has 0 saturated heterocycles. The summed E-state index contributed by atoms with van der Waals surface area (Å²) in [5.41, 5.74) is 2.78. The number of aromatic nitrogens is 3. The van der Waals surface area contributed by atoms with Crippen molar-refractivity contribution in [3.05, 3.63) is 96.8 Å². The molecule has 1 heterocycles. The van der Waals surface area contributed by atoms with E-state index in [4.69, 9.17) is 4.74 Å². The summed E-state index contributed by atoms with van der Waals surface area (Å²) in [6, 6.07) is 27.1. The van der Waals surface area contributed by atoms with Gasteiger partial charge in [-0.15, -0.1) is 10.2 Å². The van der Waals surface area contributed by atoms with Crippen LogP contribution in [0.25, 0.3) is 5.69 Å². The zero-order chi connectivity index (χ0) is 20.6. The fraction of sp³-hybridized carbons (Fsp3) is 0.0870. The van der Waals surface area contributed by atoms with Crippen LogP contribution in [0.4, 0.5) is 5.69 Å². The van der Waals surface area contributed by atoms with Crippen molar-refractivity contribution < 1.29 is 9.53 Å². The van der Waals surface area contributed by atoms with Gasteiger partial charge >= 0.3 is 0 Å². The van der Waals surface area contributed by atoms with Crippen molar-refractivity contribution in [2.45, 2.75) is 11.8 Å². The molecule has 4 aromatic rings. The number of ether oxygens (including phenoxy) is 1. The lowest BCUT2D eigenvalue weighted by Gasteiger charge is -2.09. The highest BCUT2D eigenvalue weighted by Gasteiger charge is 2.10. The summed E-state index contributed by atoms with van der Waals surface area (Å²) in [5, 5.41) is 11.6. The highest BCUT2D eigenvalue weighted by Crippen LogP contribution is 2.21. The van der Waals surface area contributed by atoms with Crippen LogP contribution < -0.4 is 10.1 Å². The monoisotopic (exact) mass is 416 g/mol. The van der Waals surface area contributed by atoms with Crippen LogP contribution in [0.2, 0.25) is 0 Å². The number of anilines is 1. The fourth-order valence-corrected chi connectivity index (χ4v) is 3.52. The van der Waals surface area contributed by atoms with Gasteiger partial charge in [-0.2, -0.15) is 0 Å². The first kappa shape index (κ1) is 19.7. The van der Waals surface area contributed by atoms with Crippen LogP contribution in [0.15, 0.2) is 96.4 Å². The molecule has 30 heavy (non-hydrogen) atoms. The average Bonchev–Trinajstić information content (AvgIpc) is 3.27. The highest BCUT2D eigenvalue weighted by molar-refractivity contribution is 7.99. The number of para-hydroxylation sites is 1. The molecule has 0 bridgehead atoms. The van der Waals surface area contributed by atoms with Crippen molar-refractivity contribution in [1.29, 1.82) is 0 Å². The predicted octanol–water partition coefficient (Wildman–Crippen LogP) is 4.58. The van der Waals surface area contributed by atoms with Crippen molar-refractivity contribution in [2.24, 2.45) is 0 Å². The van der Waals surface area contributed by atoms with Gasteiger partial charge in [0.25, 0.3) is 0 Å². The number of rotatable bonds is 8. The molecule has 150 valence electrons. The maximum absolute atomic E-state index is 12.3. The largest absolute Gasteiger partial charge is 0.489 e. The highest BCUT2D eigenvalue weighted by atomic mass is 32.2. The molecule has 0 saturated carbocycles. The second-order valence-corrected chi connectivity index (χ2v) is 7.40. The van der Waals surface area contributed by atoms with Crippen molar-refractivity contribution in [1.82, 2.24) is 14.8 Å². The molecule has 0 fully saturated rings. The summed E-state index contributed by atoms with van der Waals surface area (Å²) in [6.07, 6.45) is 1.64. The number of carbonyl (C=O) groups excluding carboxylic acids is 1. The topological polar surface area (TPSA) is 69.0 Å². The number of carbonyl (C=O) groups is 1. The molecule has 0 unspecified atom stereocenters. The van der Waals surface area contributed by atoms with E-state index in [1.807, 2.05) is 89.5 Å². The van der Waals surface area contributed by atoms with Crippen LogP contribution in [0.3, 0.4) is 0 Å². The molecule has 1 N–H and O–H groups in total. The van der Waals surface area contributed by atoms with E-state index >= 15 is 0 Å². The number of hydrogen-bond acceptors (Lipinski definition) is 5. The van der Waals surface area contributed by atoms with E-state index in [9.17, 15) is 4.79 Å². The van der Waals surface area contributed by atoms with Gasteiger partial charge in [0.15, 0.2) is 5.16 Å². The number of nitrogens with one attached hydrogen (secondary N) is 1. The molecule has 4 rings (SSSR count). The second kappa shape index (κ2) is 9.76. The summed E-state index contributed by atoms with van der Waals surface area (Å²) >= 11 is 1.34. The van der Waals surface area contributed by atoms with Gasteiger partial charge in [0.05, 0.1) is 5.75 Å². The van der Waals surface area contributed by atoms with Crippen LogP contribution in [-0.2, 0) is 11.4 Å². The zero-order valence-electron chi connectivity index (χ0n) is 16.1. The number of hydrogen-bond donors (Lipinski definition) is 1. The number of benzene rings is 3. The molecule has 0 spiro atoms. The molecule has 3 aromatic carbocycles. The Labute approximate surface area is 178 Å². The molecule has 1 aromatic heterocycles. The van der Waals surface area contributed by atoms with Gasteiger partial charge in [0.1, 0.15) is 18.7 Å². The van der Waals surface area contributed by atoms with Crippen LogP contribution in [-0.4, -0.2) is 26.4 Å². The Hall–Kier alpha value is -3.58. The Bertz CT molecular complexity index is 1080. The lowest BCUT2D eigenvalue weighted by atomic mass is 10.2. The third kappa shape index (κ3) is 5.27. The van der Waals surface area contributed by atoms with E-state index in [0.29, 0.717) is 11.8 Å². The van der Waals surface area contributed by atoms with E-state index in [1.54, 1.807) is 6.33 Å². The zero-order valence-corrected chi connectivity index (χ0v) is 17.0. The van der Waals surface area contributed by atoms with Crippen LogP contribution in [0, 0.1) is 0 Å². The molecule has 0 aliphatic carbocycles. The van der Waals surface area contributed by atoms with Crippen molar-refractivity contribution >= 4 is 23.4 Å². The van der Waals surface area contributed by atoms with Gasteiger partial charge in [-0.3, -0.25) is 9.36 Å². The third-order valence-electron chi connectivity index (χ3n) is 4.27. The van der Waals surface area contributed by atoms with Crippen molar-refractivity contribution in [2.75, 3.05) is 11.1 Å². The lowest BCUT2D eigenvalue weighted by Crippen LogP contribution is -2.14. The minimum absolute atomic E-state index is 0.111. The summed E-state index contributed by atoms with van der Waals surface area (Å²) in [7, 11) is 0. The summed E-state index contributed by atoms with van der Waals surface area (Å²) < 4.78 is 7.63. The first-order chi connectivity index (χ1) is 14.8. The Balaban J connectivity index is 1.28. The van der Waals surface area contributed by atoms with E-state index in [-0.39, 0.29) is 11.7 Å². The Morgan fingerprint density at radius 1 is 0.933 bits per heavy atom. The van der Waals surface area contributed by atoms with Gasteiger partial charge in [-0.1, -0.05) is 60.3 Å². The molecular formula is C23H20N4O2S. The molecule has 0 aliphatic rings. The first-order valence-electron chi connectivity index (χ1n) is 9.43. The predicted molar refractivity (Wildman–Crippen MR) is 118 cm³/mol. The summed E-state index contributed by atoms with van der Waals surface area (Å²) in [4.78, 5) is 12.3. The van der Waals surface area contributed by atoms with Gasteiger partial charge in [-0.25, -0.2) is 0 Å². The van der Waals surface area contributed by atoms with Gasteiger partial charge in [0.2, 0.25) is 5.91 Å². The van der Waals surface area contributed by atoms with Crippen molar-refractivity contribution in [3.8, 4) is 11.4 Å². The van der Waals surface area contributed by atoms with Crippen LogP contribution in [0.5, 0.6) is 5.75 Å². The molecule has 6 nitrogen and oxygen atoms in total. The van der Waals surface area contributed by atoms with E-state index in [1.165, 1.54) is 11.8 Å². The summed E-state index contributed by atoms with van der Waals surface area (Å²) in [5.74, 6) is 0.875. The van der Waals surface area contributed by atoms with Crippen molar-refractivity contribution in [3.63, 3.8) is 0 Å². The smallest absolute Gasteiger partial charge is 0.234 e. The number of nitrogens with zero attached hydrogens (tertiary/aromatic N) is 3. The normalized spacial score (nSPS) is 10.5. The summed E-state index contributed by atoms with van der Waals surface area (Å²) in [6.45, 7) is 0.505. The minimum atomic E-state index is -0.111. The molecule has 0 atom stereocenters. The average molecular weight is 417 g/mol. The molecular weight excluding hydrogens is 396 g/mol. The maximum atomic E-state index is 12.3. The molecule has 0 radical (unpaired) electrons. The van der Waals surface area contributed by atoms with Gasteiger partial charge < -0.3 is 10.1 Å². The standard InChI is InChI=1S/C23H20N4O2S/c28-22(16-30-23-26-24-17-27(23)20-9-5-2-6-10-20)25-19-11-13-21(14-12-19)29-15-18-7-3-1-4-8-18/h1-14,17H,15-16H2,(H,25,28). The third-order valence-corrected chi connectivity index (χ3v) is 5.21. The SMILES string of the molecule is O=C(CSc1nncn1-c1ccccc1)Nc1ccc(OCc2ccccc2)cc1. The number of amides is 1. The fourth-order valence-electron chi connectivity index (χ4n) is 2.79. The van der Waals surface area contributed by atoms with E-state index in [0.717, 1.165) is 22.7 Å². The van der Waals surface area contributed by atoms with Gasteiger partial charge in [0, 0.05) is 11.4 Å². The first-order valence-corrected chi connectivity index (χ1v) is 10.4. The minimum Gasteiger partial charge on any atom is -0.489 e. The van der Waals surface area contributed by atoms with E-state index < -0.39 is 0 Å². The Morgan fingerprint density at radius 3 is 2.37 bits per heavy atom.